The molecule has 0 fully saturated rings. The fourth-order valence-corrected chi connectivity index (χ4v) is 0.983. The van der Waals surface area contributed by atoms with Crippen molar-refractivity contribution in [2.24, 2.45) is 0 Å². The van der Waals surface area contributed by atoms with Crippen LogP contribution in [0, 0.1) is 5.82 Å². The van der Waals surface area contributed by atoms with Crippen LogP contribution in [0.3, 0.4) is 0 Å². The molecule has 1 amide bonds. The Hall–Kier alpha value is -1.91. The molecule has 1 aromatic rings. The van der Waals surface area contributed by atoms with E-state index in [4.69, 9.17) is 5.11 Å². The highest BCUT2D eigenvalue weighted by atomic mass is 19.1. The zero-order valence-electron chi connectivity index (χ0n) is 7.37. The molecule has 5 heteroatoms. The van der Waals surface area contributed by atoms with Crippen molar-refractivity contribution < 1.29 is 19.1 Å². The van der Waals surface area contributed by atoms with Crippen LogP contribution in [0.15, 0.2) is 12.1 Å². The summed E-state index contributed by atoms with van der Waals surface area (Å²) in [5.41, 5.74) is -0.391. The molecular formula is C9H8FNO3. The van der Waals surface area contributed by atoms with E-state index >= 15 is 0 Å². The van der Waals surface area contributed by atoms with Crippen LogP contribution in [0.5, 0.6) is 5.75 Å². The van der Waals surface area contributed by atoms with Gasteiger partial charge in [0.1, 0.15) is 11.6 Å². The first-order valence-corrected chi connectivity index (χ1v) is 3.80. The molecule has 0 atom stereocenters. The predicted octanol–water partition coefficient (Wildman–Crippen LogP) is 0.703. The van der Waals surface area contributed by atoms with Crippen molar-refractivity contribution in [3.8, 4) is 5.75 Å². The minimum Gasteiger partial charge on any atom is -0.507 e. The number of amides is 1. The number of benzene rings is 1. The summed E-state index contributed by atoms with van der Waals surface area (Å²) in [6, 6.07) is 1.73. The summed E-state index contributed by atoms with van der Waals surface area (Å²) in [7, 11) is 1.34. The fraction of sp³-hybridized carbons (Fsp3) is 0.111. The fourth-order valence-electron chi connectivity index (χ4n) is 0.983. The van der Waals surface area contributed by atoms with Crippen molar-refractivity contribution in [3.05, 3.63) is 29.1 Å². The Kier molecular flexibility index (Phi) is 2.81. The van der Waals surface area contributed by atoms with Crippen molar-refractivity contribution in [3.63, 3.8) is 0 Å². The van der Waals surface area contributed by atoms with E-state index in [2.05, 4.69) is 5.32 Å². The topological polar surface area (TPSA) is 66.4 Å². The lowest BCUT2D eigenvalue weighted by molar-refractivity contribution is 0.0959. The predicted molar refractivity (Wildman–Crippen MR) is 46.8 cm³/mol. The van der Waals surface area contributed by atoms with Gasteiger partial charge >= 0.3 is 0 Å². The smallest absolute Gasteiger partial charge is 0.254 e. The number of hydrogen-bond donors (Lipinski definition) is 2. The zero-order valence-corrected chi connectivity index (χ0v) is 7.37. The number of nitrogens with one attached hydrogen (secondary N) is 1. The monoisotopic (exact) mass is 197 g/mol. The molecule has 0 saturated heterocycles. The number of halogens is 1. The normalized spacial score (nSPS) is 9.57. The van der Waals surface area contributed by atoms with Gasteiger partial charge in [-0.2, -0.15) is 0 Å². The second kappa shape index (κ2) is 3.87. The Labute approximate surface area is 79.4 Å². The lowest BCUT2D eigenvalue weighted by atomic mass is 10.1. The van der Waals surface area contributed by atoms with Gasteiger partial charge in [0.15, 0.2) is 6.29 Å². The molecule has 0 radical (unpaired) electrons. The third-order valence-corrected chi connectivity index (χ3v) is 1.72. The summed E-state index contributed by atoms with van der Waals surface area (Å²) in [6.45, 7) is 0. The van der Waals surface area contributed by atoms with Crippen LogP contribution in [0.1, 0.15) is 20.7 Å². The second-order valence-electron chi connectivity index (χ2n) is 2.59. The maximum absolute atomic E-state index is 13.1. The SMILES string of the molecule is CNC(=O)c1cc(C=O)c(O)cc1F. The summed E-state index contributed by atoms with van der Waals surface area (Å²) >= 11 is 0. The van der Waals surface area contributed by atoms with Crippen LogP contribution >= 0.6 is 0 Å². The molecule has 4 nitrogen and oxygen atoms in total. The van der Waals surface area contributed by atoms with Gasteiger partial charge in [-0.15, -0.1) is 0 Å². The Bertz CT molecular complexity index is 390. The van der Waals surface area contributed by atoms with Crippen molar-refractivity contribution in [2.45, 2.75) is 0 Å². The third-order valence-electron chi connectivity index (χ3n) is 1.72. The second-order valence-corrected chi connectivity index (χ2v) is 2.59. The molecule has 0 aliphatic heterocycles. The van der Waals surface area contributed by atoms with Crippen LogP contribution in [-0.4, -0.2) is 24.3 Å². The Morgan fingerprint density at radius 2 is 2.21 bits per heavy atom. The van der Waals surface area contributed by atoms with Gasteiger partial charge in [-0.25, -0.2) is 4.39 Å². The van der Waals surface area contributed by atoms with E-state index in [1.54, 1.807) is 0 Å². The number of rotatable bonds is 2. The van der Waals surface area contributed by atoms with Crippen molar-refractivity contribution in [1.29, 1.82) is 0 Å². The Balaban J connectivity index is 3.30. The summed E-state index contributed by atoms with van der Waals surface area (Å²) in [4.78, 5) is 21.5. The van der Waals surface area contributed by atoms with E-state index in [1.807, 2.05) is 0 Å². The van der Waals surface area contributed by atoms with Gasteiger partial charge < -0.3 is 10.4 Å². The molecule has 0 heterocycles. The molecule has 74 valence electrons. The van der Waals surface area contributed by atoms with Gasteiger partial charge in [0.2, 0.25) is 0 Å². The molecule has 0 aliphatic rings. The minimum absolute atomic E-state index is 0.120. The third kappa shape index (κ3) is 1.71. The first-order valence-electron chi connectivity index (χ1n) is 3.80. The van der Waals surface area contributed by atoms with Crippen LogP contribution in [0.25, 0.3) is 0 Å². The molecule has 1 rings (SSSR count). The molecule has 0 unspecified atom stereocenters. The van der Waals surface area contributed by atoms with E-state index in [0.29, 0.717) is 6.29 Å². The van der Waals surface area contributed by atoms with Crippen LogP contribution < -0.4 is 5.32 Å². The van der Waals surface area contributed by atoms with Crippen LogP contribution in [-0.2, 0) is 0 Å². The van der Waals surface area contributed by atoms with Crippen molar-refractivity contribution >= 4 is 12.2 Å². The number of phenolic OH excluding ortho intramolecular Hbond substituents is 1. The zero-order chi connectivity index (χ0) is 10.7. The van der Waals surface area contributed by atoms with Gasteiger partial charge in [0.25, 0.3) is 5.91 Å². The van der Waals surface area contributed by atoms with Crippen LogP contribution in [0.2, 0.25) is 0 Å². The van der Waals surface area contributed by atoms with Gasteiger partial charge in [-0.05, 0) is 6.07 Å². The molecule has 0 aliphatic carbocycles. The lowest BCUT2D eigenvalue weighted by Crippen LogP contribution is -2.19. The molecule has 0 aromatic heterocycles. The van der Waals surface area contributed by atoms with E-state index in [9.17, 15) is 14.0 Å². The van der Waals surface area contributed by atoms with Crippen molar-refractivity contribution in [1.82, 2.24) is 5.32 Å². The van der Waals surface area contributed by atoms with Crippen LogP contribution in [0.4, 0.5) is 4.39 Å². The van der Waals surface area contributed by atoms with Gasteiger partial charge in [0, 0.05) is 13.1 Å². The maximum Gasteiger partial charge on any atom is 0.254 e. The highest BCUT2D eigenvalue weighted by molar-refractivity contribution is 5.96. The van der Waals surface area contributed by atoms with Gasteiger partial charge in [0.05, 0.1) is 11.1 Å². The van der Waals surface area contributed by atoms with Crippen molar-refractivity contribution in [2.75, 3.05) is 7.05 Å². The summed E-state index contributed by atoms with van der Waals surface area (Å²) in [5, 5.41) is 11.3. The molecule has 2 N–H and O–H groups in total. The van der Waals surface area contributed by atoms with Gasteiger partial charge in [-0.1, -0.05) is 0 Å². The number of hydrogen-bond acceptors (Lipinski definition) is 3. The molecule has 14 heavy (non-hydrogen) atoms. The highest BCUT2D eigenvalue weighted by Gasteiger charge is 2.13. The molecule has 0 bridgehead atoms. The largest absolute Gasteiger partial charge is 0.507 e. The number of phenols is 1. The summed E-state index contributed by atoms with van der Waals surface area (Å²) in [6.07, 6.45) is 0.348. The van der Waals surface area contributed by atoms with E-state index in [0.717, 1.165) is 12.1 Å². The molecular weight excluding hydrogens is 189 g/mol. The minimum atomic E-state index is -0.868. The number of aldehydes is 1. The van der Waals surface area contributed by atoms with E-state index in [1.165, 1.54) is 7.05 Å². The highest BCUT2D eigenvalue weighted by Crippen LogP contribution is 2.19. The molecule has 0 saturated carbocycles. The van der Waals surface area contributed by atoms with E-state index in [-0.39, 0.29) is 11.1 Å². The molecule has 1 aromatic carbocycles. The lowest BCUT2D eigenvalue weighted by Gasteiger charge is -2.03. The van der Waals surface area contributed by atoms with E-state index < -0.39 is 17.5 Å². The number of carbonyl (C=O) groups is 2. The standard InChI is InChI=1S/C9H8FNO3/c1-11-9(14)6-2-5(4-12)8(13)3-7(6)10/h2-4,13H,1H3,(H,11,14). The Morgan fingerprint density at radius 1 is 1.57 bits per heavy atom. The average Bonchev–Trinajstić information content (AvgIpc) is 2.17. The quantitative estimate of drug-likeness (QED) is 0.686. The molecule has 0 spiro atoms. The first-order chi connectivity index (χ1) is 6.60. The average molecular weight is 197 g/mol. The number of carbonyl (C=O) groups excluding carboxylic acids is 2. The first kappa shape index (κ1) is 10.2. The summed E-state index contributed by atoms with van der Waals surface area (Å²) in [5.74, 6) is -2.00. The Morgan fingerprint density at radius 3 is 2.71 bits per heavy atom. The van der Waals surface area contributed by atoms with Gasteiger partial charge in [-0.3, -0.25) is 9.59 Å². The maximum atomic E-state index is 13.1. The number of aromatic hydroxyl groups is 1. The summed E-state index contributed by atoms with van der Waals surface area (Å²) < 4.78 is 13.1.